The number of nitrogens with one attached hydrogen (secondary N) is 1. The van der Waals surface area contributed by atoms with Crippen LogP contribution in [-0.4, -0.2) is 24.1 Å². The monoisotopic (exact) mass is 278 g/mol. The summed E-state index contributed by atoms with van der Waals surface area (Å²) in [7, 11) is 3.82. The maximum atomic E-state index is 5.09. The third-order valence-electron chi connectivity index (χ3n) is 1.58. The SMILES string of the molecule is CNC(=S)N(C)Cc1cc(Br)cs1. The molecule has 0 aliphatic heterocycles. The first-order valence-electron chi connectivity index (χ1n) is 3.79. The molecule has 0 atom stereocenters. The number of nitrogens with zero attached hydrogens (tertiary/aromatic N) is 1. The van der Waals surface area contributed by atoms with Gasteiger partial charge in [0, 0.05) is 28.8 Å². The van der Waals surface area contributed by atoms with E-state index in [1.807, 2.05) is 19.0 Å². The Morgan fingerprint density at radius 2 is 2.46 bits per heavy atom. The minimum Gasteiger partial charge on any atom is -0.366 e. The van der Waals surface area contributed by atoms with Crippen molar-refractivity contribution in [2.45, 2.75) is 6.54 Å². The summed E-state index contributed by atoms with van der Waals surface area (Å²) in [4.78, 5) is 3.31. The second kappa shape index (κ2) is 4.93. The highest BCUT2D eigenvalue weighted by Gasteiger charge is 2.04. The van der Waals surface area contributed by atoms with Crippen LogP contribution >= 0.6 is 39.5 Å². The van der Waals surface area contributed by atoms with E-state index in [0.717, 1.165) is 16.1 Å². The zero-order valence-corrected chi connectivity index (χ0v) is 10.7. The van der Waals surface area contributed by atoms with Gasteiger partial charge in [0.15, 0.2) is 5.11 Å². The van der Waals surface area contributed by atoms with Crippen LogP contribution in [0.4, 0.5) is 0 Å². The molecule has 5 heteroatoms. The van der Waals surface area contributed by atoms with Crippen LogP contribution in [0.2, 0.25) is 0 Å². The number of thiophene rings is 1. The van der Waals surface area contributed by atoms with E-state index in [9.17, 15) is 0 Å². The first-order chi connectivity index (χ1) is 6.13. The summed E-state index contributed by atoms with van der Waals surface area (Å²) >= 11 is 10.2. The molecule has 1 N–H and O–H groups in total. The van der Waals surface area contributed by atoms with Crippen LogP contribution in [0.15, 0.2) is 15.9 Å². The summed E-state index contributed by atoms with van der Waals surface area (Å²) in [6.07, 6.45) is 0. The predicted octanol–water partition coefficient (Wildman–Crippen LogP) is 2.45. The van der Waals surface area contributed by atoms with Crippen molar-refractivity contribution in [2.24, 2.45) is 0 Å². The largest absolute Gasteiger partial charge is 0.366 e. The number of hydrogen-bond acceptors (Lipinski definition) is 2. The van der Waals surface area contributed by atoms with Crippen LogP contribution in [0.3, 0.4) is 0 Å². The van der Waals surface area contributed by atoms with Gasteiger partial charge in [-0.05, 0) is 34.2 Å². The Labute approximate surface area is 96.1 Å². The Kier molecular flexibility index (Phi) is 4.15. The average Bonchev–Trinajstić information content (AvgIpc) is 2.49. The van der Waals surface area contributed by atoms with Gasteiger partial charge in [0.25, 0.3) is 0 Å². The average molecular weight is 279 g/mol. The molecule has 0 fully saturated rings. The highest BCUT2D eigenvalue weighted by atomic mass is 79.9. The second-order valence-electron chi connectivity index (χ2n) is 2.64. The first-order valence-corrected chi connectivity index (χ1v) is 5.87. The van der Waals surface area contributed by atoms with Crippen molar-refractivity contribution in [3.05, 3.63) is 20.8 Å². The van der Waals surface area contributed by atoms with Crippen molar-refractivity contribution < 1.29 is 0 Å². The minimum atomic E-state index is 0.768. The standard InChI is InChI=1S/C8H11BrN2S2/c1-10-8(12)11(2)4-7-3-6(9)5-13-7/h3,5H,4H2,1-2H3,(H,10,12). The van der Waals surface area contributed by atoms with E-state index in [0.29, 0.717) is 0 Å². The van der Waals surface area contributed by atoms with E-state index in [-0.39, 0.29) is 0 Å². The molecule has 0 amide bonds. The van der Waals surface area contributed by atoms with Gasteiger partial charge in [0.2, 0.25) is 0 Å². The Morgan fingerprint density at radius 1 is 1.77 bits per heavy atom. The van der Waals surface area contributed by atoms with Crippen molar-refractivity contribution in [2.75, 3.05) is 14.1 Å². The van der Waals surface area contributed by atoms with Crippen molar-refractivity contribution in [1.82, 2.24) is 10.2 Å². The fourth-order valence-electron chi connectivity index (χ4n) is 0.933. The lowest BCUT2D eigenvalue weighted by Gasteiger charge is -2.18. The molecule has 0 saturated heterocycles. The Hall–Kier alpha value is -0.130. The third kappa shape index (κ3) is 3.25. The van der Waals surface area contributed by atoms with E-state index >= 15 is 0 Å². The van der Waals surface area contributed by atoms with Gasteiger partial charge in [-0.25, -0.2) is 0 Å². The van der Waals surface area contributed by atoms with Crippen LogP contribution in [-0.2, 0) is 6.54 Å². The Balaban J connectivity index is 2.54. The Bertz CT molecular complexity index is 298. The fraction of sp³-hybridized carbons (Fsp3) is 0.375. The quantitative estimate of drug-likeness (QED) is 0.837. The number of halogens is 1. The van der Waals surface area contributed by atoms with Gasteiger partial charge in [-0.15, -0.1) is 11.3 Å². The predicted molar refractivity (Wildman–Crippen MR) is 65.1 cm³/mol. The van der Waals surface area contributed by atoms with Gasteiger partial charge in [0.1, 0.15) is 0 Å². The maximum absolute atomic E-state index is 5.09. The van der Waals surface area contributed by atoms with E-state index in [2.05, 4.69) is 32.7 Å². The van der Waals surface area contributed by atoms with Gasteiger partial charge >= 0.3 is 0 Å². The second-order valence-corrected chi connectivity index (χ2v) is 4.94. The zero-order chi connectivity index (χ0) is 9.84. The number of thiocarbonyl (C=S) groups is 1. The van der Waals surface area contributed by atoms with Crippen LogP contribution < -0.4 is 5.32 Å². The van der Waals surface area contributed by atoms with Gasteiger partial charge < -0.3 is 10.2 Å². The van der Waals surface area contributed by atoms with Gasteiger partial charge in [0.05, 0.1) is 6.54 Å². The molecule has 1 rings (SSSR count). The van der Waals surface area contributed by atoms with Crippen molar-refractivity contribution >= 4 is 44.6 Å². The molecule has 1 aromatic rings. The van der Waals surface area contributed by atoms with Crippen molar-refractivity contribution in [3.8, 4) is 0 Å². The summed E-state index contributed by atoms with van der Waals surface area (Å²) in [6.45, 7) is 0.857. The van der Waals surface area contributed by atoms with E-state index in [1.54, 1.807) is 11.3 Å². The van der Waals surface area contributed by atoms with Crippen molar-refractivity contribution in [1.29, 1.82) is 0 Å². The molecule has 1 heterocycles. The van der Waals surface area contributed by atoms with Crippen molar-refractivity contribution in [3.63, 3.8) is 0 Å². The lowest BCUT2D eigenvalue weighted by molar-refractivity contribution is 0.500. The van der Waals surface area contributed by atoms with Gasteiger partial charge in [-0.2, -0.15) is 0 Å². The zero-order valence-electron chi connectivity index (χ0n) is 7.50. The highest BCUT2D eigenvalue weighted by Crippen LogP contribution is 2.20. The molecular weight excluding hydrogens is 268 g/mol. The van der Waals surface area contributed by atoms with Crippen LogP contribution in [0, 0.1) is 0 Å². The number of rotatable bonds is 2. The summed E-state index contributed by atoms with van der Waals surface area (Å²) in [5.74, 6) is 0. The summed E-state index contributed by atoms with van der Waals surface area (Å²) in [5, 5.41) is 5.79. The van der Waals surface area contributed by atoms with E-state index in [4.69, 9.17) is 12.2 Å². The van der Waals surface area contributed by atoms with Gasteiger partial charge in [-0.3, -0.25) is 0 Å². The molecule has 0 aliphatic carbocycles. The topological polar surface area (TPSA) is 15.3 Å². The molecule has 1 aromatic heterocycles. The number of hydrogen-bond donors (Lipinski definition) is 1. The molecular formula is C8H11BrN2S2. The molecule has 72 valence electrons. The summed E-state index contributed by atoms with van der Waals surface area (Å²) < 4.78 is 1.14. The Morgan fingerprint density at radius 3 is 2.92 bits per heavy atom. The molecule has 0 unspecified atom stereocenters. The fourth-order valence-corrected chi connectivity index (χ4v) is 2.50. The third-order valence-corrected chi connectivity index (χ3v) is 3.77. The van der Waals surface area contributed by atoms with Crippen LogP contribution in [0.25, 0.3) is 0 Å². The molecule has 0 radical (unpaired) electrons. The molecule has 0 aromatic carbocycles. The lowest BCUT2D eigenvalue weighted by Crippen LogP contribution is -2.33. The van der Waals surface area contributed by atoms with Crippen LogP contribution in [0.1, 0.15) is 4.88 Å². The first kappa shape index (κ1) is 10.9. The molecule has 0 bridgehead atoms. The summed E-state index contributed by atoms with van der Waals surface area (Å²) in [6, 6.07) is 2.11. The normalized spacial score (nSPS) is 9.77. The lowest BCUT2D eigenvalue weighted by atomic mass is 10.4. The molecule has 2 nitrogen and oxygen atoms in total. The minimum absolute atomic E-state index is 0.768. The maximum Gasteiger partial charge on any atom is 0.168 e. The molecule has 0 saturated carbocycles. The van der Waals surface area contributed by atoms with Crippen LogP contribution in [0.5, 0.6) is 0 Å². The van der Waals surface area contributed by atoms with E-state index < -0.39 is 0 Å². The smallest absolute Gasteiger partial charge is 0.168 e. The highest BCUT2D eigenvalue weighted by molar-refractivity contribution is 9.10. The van der Waals surface area contributed by atoms with Gasteiger partial charge in [-0.1, -0.05) is 0 Å². The summed E-state index contributed by atoms with van der Waals surface area (Å²) in [5.41, 5.74) is 0. The molecule has 0 aliphatic rings. The molecule has 0 spiro atoms. The van der Waals surface area contributed by atoms with E-state index in [1.165, 1.54) is 4.88 Å². The molecule has 13 heavy (non-hydrogen) atoms.